The van der Waals surface area contributed by atoms with Gasteiger partial charge in [-0.15, -0.1) is 0 Å². The molecule has 0 aliphatic heterocycles. The molecule has 1 aliphatic rings. The van der Waals surface area contributed by atoms with Gasteiger partial charge in [0.2, 0.25) is 0 Å². The first-order valence-electron chi connectivity index (χ1n) is 9.48. The van der Waals surface area contributed by atoms with Gasteiger partial charge in [-0.05, 0) is 25.2 Å². The molecule has 0 heterocycles. The van der Waals surface area contributed by atoms with Crippen LogP contribution in [-0.2, 0) is 0 Å². The predicted octanol–water partition coefficient (Wildman–Crippen LogP) is 7.64. The summed E-state index contributed by atoms with van der Waals surface area (Å²) < 4.78 is 0. The van der Waals surface area contributed by atoms with E-state index in [-0.39, 0.29) is 0 Å². The Morgan fingerprint density at radius 3 is 1.90 bits per heavy atom. The first-order valence-corrected chi connectivity index (χ1v) is 10.4. The normalized spacial score (nSPS) is 23.7. The molecule has 2 unspecified atom stereocenters. The number of alkyl halides is 1. The Bertz CT molecular complexity index is 202. The fourth-order valence-electron chi connectivity index (χ4n) is 3.56. The molecular weight excluding hydrogens is 308 g/mol. The molecule has 1 saturated carbocycles. The van der Waals surface area contributed by atoms with Crippen LogP contribution in [0.3, 0.4) is 0 Å². The van der Waals surface area contributed by atoms with E-state index in [4.69, 9.17) is 0 Å². The van der Waals surface area contributed by atoms with Crippen LogP contribution in [0.2, 0.25) is 0 Å². The highest BCUT2D eigenvalue weighted by molar-refractivity contribution is 9.09. The monoisotopic (exact) mass is 344 g/mol. The Balaban J connectivity index is 1.86. The van der Waals surface area contributed by atoms with E-state index in [0.717, 1.165) is 10.7 Å². The largest absolute Gasteiger partial charge is 0.0888 e. The zero-order chi connectivity index (χ0) is 14.5. The van der Waals surface area contributed by atoms with E-state index >= 15 is 0 Å². The van der Waals surface area contributed by atoms with Crippen molar-refractivity contribution in [1.29, 1.82) is 0 Å². The second kappa shape index (κ2) is 13.2. The minimum atomic E-state index is 0.823. The number of hydrogen-bond acceptors (Lipinski definition) is 0. The summed E-state index contributed by atoms with van der Waals surface area (Å²) >= 11 is 3.93. The zero-order valence-corrected chi connectivity index (χ0v) is 15.4. The molecule has 20 heavy (non-hydrogen) atoms. The summed E-state index contributed by atoms with van der Waals surface area (Å²) in [7, 11) is 0. The van der Waals surface area contributed by atoms with Crippen LogP contribution < -0.4 is 0 Å². The summed E-state index contributed by atoms with van der Waals surface area (Å²) in [6.45, 7) is 2.30. The lowest BCUT2D eigenvalue weighted by Gasteiger charge is -2.19. The quantitative estimate of drug-likeness (QED) is 0.205. The molecule has 1 aliphatic carbocycles. The molecule has 0 aromatic rings. The van der Waals surface area contributed by atoms with E-state index in [0.29, 0.717) is 0 Å². The van der Waals surface area contributed by atoms with Gasteiger partial charge in [0.15, 0.2) is 0 Å². The molecule has 1 fully saturated rings. The molecular formula is C19H37Br. The van der Waals surface area contributed by atoms with Crippen molar-refractivity contribution >= 4 is 15.9 Å². The van der Waals surface area contributed by atoms with Gasteiger partial charge in [0.1, 0.15) is 0 Å². The van der Waals surface area contributed by atoms with E-state index in [2.05, 4.69) is 22.9 Å². The summed E-state index contributed by atoms with van der Waals surface area (Å²) in [4.78, 5) is 0.823. The smallest absolute Gasteiger partial charge is 0.0174 e. The summed E-state index contributed by atoms with van der Waals surface area (Å²) in [5, 5.41) is 0. The number of hydrogen-bond donors (Lipinski definition) is 0. The Morgan fingerprint density at radius 1 is 0.700 bits per heavy atom. The van der Waals surface area contributed by atoms with Crippen LogP contribution in [0.15, 0.2) is 0 Å². The molecule has 0 bridgehead atoms. The number of rotatable bonds is 11. The fourth-order valence-corrected chi connectivity index (χ4v) is 4.41. The molecule has 0 saturated heterocycles. The van der Waals surface area contributed by atoms with Gasteiger partial charge >= 0.3 is 0 Å². The highest BCUT2D eigenvalue weighted by Crippen LogP contribution is 2.32. The summed E-state index contributed by atoms with van der Waals surface area (Å²) in [6.07, 6.45) is 23.4. The molecule has 1 heteroatoms. The zero-order valence-electron chi connectivity index (χ0n) is 13.8. The highest BCUT2D eigenvalue weighted by atomic mass is 79.9. The Hall–Kier alpha value is 0.480. The predicted molar refractivity (Wildman–Crippen MR) is 95.8 cm³/mol. The maximum atomic E-state index is 3.93. The van der Waals surface area contributed by atoms with Crippen molar-refractivity contribution in [3.05, 3.63) is 0 Å². The first kappa shape index (κ1) is 18.5. The van der Waals surface area contributed by atoms with Gasteiger partial charge in [-0.25, -0.2) is 0 Å². The SMILES string of the molecule is CCCCCCCCCCCCC1CCCCCC1Br. The standard InChI is InChI=1S/C19H37Br/c1-2-3-4-5-6-7-8-9-10-12-15-18-16-13-11-14-17-19(18)20/h18-19H,2-17H2,1H3. The third-order valence-electron chi connectivity index (χ3n) is 4.99. The minimum Gasteiger partial charge on any atom is -0.0888 e. The van der Waals surface area contributed by atoms with Gasteiger partial charge in [-0.2, -0.15) is 0 Å². The van der Waals surface area contributed by atoms with Crippen molar-refractivity contribution in [2.24, 2.45) is 5.92 Å². The van der Waals surface area contributed by atoms with Crippen molar-refractivity contribution < 1.29 is 0 Å². The van der Waals surface area contributed by atoms with Crippen LogP contribution in [0.5, 0.6) is 0 Å². The van der Waals surface area contributed by atoms with Crippen molar-refractivity contribution in [2.45, 2.75) is 114 Å². The third kappa shape index (κ3) is 9.42. The van der Waals surface area contributed by atoms with Crippen LogP contribution >= 0.6 is 15.9 Å². The molecule has 120 valence electrons. The second-order valence-corrected chi connectivity index (χ2v) is 8.06. The van der Waals surface area contributed by atoms with Crippen LogP contribution in [0.1, 0.15) is 110 Å². The van der Waals surface area contributed by atoms with Gasteiger partial charge < -0.3 is 0 Å². The summed E-state index contributed by atoms with van der Waals surface area (Å²) in [6, 6.07) is 0. The maximum Gasteiger partial charge on any atom is 0.0174 e. The minimum absolute atomic E-state index is 0.823. The molecule has 1 rings (SSSR count). The highest BCUT2D eigenvalue weighted by Gasteiger charge is 2.20. The lowest BCUT2D eigenvalue weighted by atomic mass is 9.93. The Morgan fingerprint density at radius 2 is 1.25 bits per heavy atom. The molecule has 0 nitrogen and oxygen atoms in total. The van der Waals surface area contributed by atoms with Crippen molar-refractivity contribution in [3.8, 4) is 0 Å². The van der Waals surface area contributed by atoms with Gasteiger partial charge in [0, 0.05) is 4.83 Å². The van der Waals surface area contributed by atoms with Crippen molar-refractivity contribution in [2.75, 3.05) is 0 Å². The van der Waals surface area contributed by atoms with Crippen molar-refractivity contribution in [1.82, 2.24) is 0 Å². The van der Waals surface area contributed by atoms with Gasteiger partial charge in [-0.3, -0.25) is 0 Å². The lowest BCUT2D eigenvalue weighted by molar-refractivity contribution is 0.417. The van der Waals surface area contributed by atoms with Crippen molar-refractivity contribution in [3.63, 3.8) is 0 Å². The van der Waals surface area contributed by atoms with E-state index in [9.17, 15) is 0 Å². The fraction of sp³-hybridized carbons (Fsp3) is 1.00. The molecule has 0 spiro atoms. The van der Waals surface area contributed by atoms with Crippen LogP contribution in [-0.4, -0.2) is 4.83 Å². The molecule has 0 aromatic carbocycles. The molecule has 0 radical (unpaired) electrons. The third-order valence-corrected chi connectivity index (χ3v) is 6.20. The number of unbranched alkanes of at least 4 members (excludes halogenated alkanes) is 9. The van der Waals surface area contributed by atoms with Gasteiger partial charge in [0.25, 0.3) is 0 Å². The first-order chi connectivity index (χ1) is 9.84. The van der Waals surface area contributed by atoms with Gasteiger partial charge in [0.05, 0.1) is 0 Å². The lowest BCUT2D eigenvalue weighted by Crippen LogP contribution is -2.12. The summed E-state index contributed by atoms with van der Waals surface area (Å²) in [5.41, 5.74) is 0. The average molecular weight is 345 g/mol. The second-order valence-electron chi connectivity index (χ2n) is 6.88. The van der Waals surface area contributed by atoms with E-state index < -0.39 is 0 Å². The van der Waals surface area contributed by atoms with Crippen LogP contribution in [0.4, 0.5) is 0 Å². The van der Waals surface area contributed by atoms with E-state index in [1.165, 1.54) is 103 Å². The van der Waals surface area contributed by atoms with Crippen LogP contribution in [0.25, 0.3) is 0 Å². The molecule has 0 N–H and O–H groups in total. The van der Waals surface area contributed by atoms with E-state index in [1.54, 1.807) is 0 Å². The van der Waals surface area contributed by atoms with E-state index in [1.807, 2.05) is 0 Å². The topological polar surface area (TPSA) is 0 Å². The average Bonchev–Trinajstić information content (AvgIpc) is 2.66. The molecule has 2 atom stereocenters. The summed E-state index contributed by atoms with van der Waals surface area (Å²) in [5.74, 6) is 0.978. The Kier molecular flexibility index (Phi) is 12.2. The molecule has 0 amide bonds. The maximum absolute atomic E-state index is 3.93. The van der Waals surface area contributed by atoms with Crippen LogP contribution in [0, 0.1) is 5.92 Å². The number of halogens is 1. The Labute approximate surface area is 136 Å². The molecule has 0 aromatic heterocycles. The van der Waals surface area contributed by atoms with Gasteiger partial charge in [-0.1, -0.05) is 106 Å².